The molecule has 0 atom stereocenters. The number of aryl methyl sites for hydroxylation is 1. The van der Waals surface area contributed by atoms with Gasteiger partial charge in [-0.25, -0.2) is 4.98 Å². The second-order valence-electron chi connectivity index (χ2n) is 4.33. The summed E-state index contributed by atoms with van der Waals surface area (Å²) in [6, 6.07) is 0. The molecule has 1 amide bonds. The van der Waals surface area contributed by atoms with Crippen molar-refractivity contribution in [3.05, 3.63) is 10.6 Å². The summed E-state index contributed by atoms with van der Waals surface area (Å²) < 4.78 is 0. The van der Waals surface area contributed by atoms with Crippen molar-refractivity contribution in [3.8, 4) is 0 Å². The fraction of sp³-hybridized carbons (Fsp3) is 0.600. The van der Waals surface area contributed by atoms with Crippen LogP contribution in [0.15, 0.2) is 0 Å². The molecule has 1 aliphatic rings. The Bertz CT molecular complexity index is 395. The van der Waals surface area contributed by atoms with Crippen molar-refractivity contribution in [2.45, 2.75) is 38.6 Å². The van der Waals surface area contributed by atoms with Crippen LogP contribution < -0.4 is 11.1 Å². The lowest BCUT2D eigenvalue weighted by molar-refractivity contribution is 0.0854. The molecule has 1 saturated carbocycles. The Morgan fingerprint density at radius 2 is 2.27 bits per heavy atom. The predicted octanol–water partition coefficient (Wildman–Crippen LogP) is 1.71. The van der Waals surface area contributed by atoms with Crippen LogP contribution in [-0.4, -0.2) is 16.4 Å². The van der Waals surface area contributed by atoms with Crippen LogP contribution in [0.5, 0.6) is 0 Å². The van der Waals surface area contributed by atoms with Crippen molar-refractivity contribution in [1.82, 2.24) is 10.3 Å². The fourth-order valence-corrected chi connectivity index (χ4v) is 2.52. The lowest BCUT2D eigenvalue weighted by Gasteiger charge is -2.39. The van der Waals surface area contributed by atoms with Gasteiger partial charge in [-0.1, -0.05) is 11.3 Å². The summed E-state index contributed by atoms with van der Waals surface area (Å²) in [5.41, 5.74) is 6.26. The SMILES string of the molecule is Cc1nc(N)sc1C(=O)NC1(C)CCC1. The molecule has 0 unspecified atom stereocenters. The number of thiazole rings is 1. The summed E-state index contributed by atoms with van der Waals surface area (Å²) in [4.78, 5) is 16.6. The highest BCUT2D eigenvalue weighted by Crippen LogP contribution is 2.32. The van der Waals surface area contributed by atoms with Crippen molar-refractivity contribution < 1.29 is 4.79 Å². The number of nitrogens with zero attached hydrogens (tertiary/aromatic N) is 1. The number of nitrogens with two attached hydrogens (primary N) is 1. The largest absolute Gasteiger partial charge is 0.375 e. The van der Waals surface area contributed by atoms with E-state index in [4.69, 9.17) is 5.73 Å². The number of nitrogens with one attached hydrogen (secondary N) is 1. The first-order valence-corrected chi connectivity index (χ1v) is 5.87. The van der Waals surface area contributed by atoms with Crippen molar-refractivity contribution in [2.24, 2.45) is 0 Å². The highest BCUT2D eigenvalue weighted by molar-refractivity contribution is 7.17. The van der Waals surface area contributed by atoms with E-state index in [0.29, 0.717) is 10.0 Å². The standard InChI is InChI=1S/C10H15N3OS/c1-6-7(15-9(11)12-6)8(14)13-10(2)4-3-5-10/h3-5H2,1-2H3,(H2,11,12)(H,13,14). The summed E-state index contributed by atoms with van der Waals surface area (Å²) in [6.45, 7) is 3.89. The molecule has 1 fully saturated rings. The van der Waals surface area contributed by atoms with Gasteiger partial charge in [0.05, 0.1) is 5.69 Å². The van der Waals surface area contributed by atoms with Crippen LogP contribution in [0, 0.1) is 6.92 Å². The van der Waals surface area contributed by atoms with Gasteiger partial charge in [0.25, 0.3) is 5.91 Å². The van der Waals surface area contributed by atoms with Crippen LogP contribution in [0.4, 0.5) is 5.13 Å². The minimum absolute atomic E-state index is 0.0116. The Morgan fingerprint density at radius 3 is 2.67 bits per heavy atom. The van der Waals surface area contributed by atoms with Gasteiger partial charge in [-0.3, -0.25) is 4.79 Å². The Kier molecular flexibility index (Phi) is 2.42. The van der Waals surface area contributed by atoms with Crippen LogP contribution in [-0.2, 0) is 0 Å². The molecule has 82 valence electrons. The first kappa shape index (κ1) is 10.4. The van der Waals surface area contributed by atoms with Gasteiger partial charge in [-0.15, -0.1) is 0 Å². The van der Waals surface area contributed by atoms with E-state index < -0.39 is 0 Å². The van der Waals surface area contributed by atoms with E-state index in [2.05, 4.69) is 17.2 Å². The molecular formula is C10H15N3OS. The second kappa shape index (κ2) is 3.48. The number of hydrogen-bond acceptors (Lipinski definition) is 4. The molecule has 0 saturated heterocycles. The molecule has 4 nitrogen and oxygen atoms in total. The predicted molar refractivity (Wildman–Crippen MR) is 61.0 cm³/mol. The first-order valence-electron chi connectivity index (χ1n) is 5.06. The minimum Gasteiger partial charge on any atom is -0.375 e. The average Bonchev–Trinajstić information content (AvgIpc) is 2.42. The number of aromatic nitrogens is 1. The first-order chi connectivity index (χ1) is 7.00. The fourth-order valence-electron chi connectivity index (χ4n) is 1.79. The molecule has 3 N–H and O–H groups in total. The summed E-state index contributed by atoms with van der Waals surface area (Å²) in [5, 5.41) is 3.49. The maximum absolute atomic E-state index is 11.9. The second-order valence-corrected chi connectivity index (χ2v) is 5.37. The Morgan fingerprint density at radius 1 is 1.60 bits per heavy atom. The van der Waals surface area contributed by atoms with Crippen LogP contribution in [0.3, 0.4) is 0 Å². The molecule has 0 radical (unpaired) electrons. The van der Waals surface area contributed by atoms with E-state index in [1.807, 2.05) is 6.92 Å². The summed E-state index contributed by atoms with van der Waals surface area (Å²) >= 11 is 1.25. The zero-order valence-corrected chi connectivity index (χ0v) is 9.78. The molecule has 1 aliphatic carbocycles. The Hall–Kier alpha value is -1.10. The van der Waals surface area contributed by atoms with Crippen molar-refractivity contribution in [2.75, 3.05) is 5.73 Å². The van der Waals surface area contributed by atoms with Gasteiger partial charge in [0.1, 0.15) is 4.88 Å². The number of nitrogen functional groups attached to an aromatic ring is 1. The van der Waals surface area contributed by atoms with Crippen LogP contribution >= 0.6 is 11.3 Å². The summed E-state index contributed by atoms with van der Waals surface area (Å²) in [7, 11) is 0. The van der Waals surface area contributed by atoms with E-state index >= 15 is 0 Å². The average molecular weight is 225 g/mol. The van der Waals surface area contributed by atoms with Gasteiger partial charge < -0.3 is 11.1 Å². The molecule has 1 aromatic heterocycles. The Labute approximate surface area is 92.9 Å². The van der Waals surface area contributed by atoms with Crippen molar-refractivity contribution in [1.29, 1.82) is 0 Å². The van der Waals surface area contributed by atoms with Crippen molar-refractivity contribution >= 4 is 22.4 Å². The quantitative estimate of drug-likeness (QED) is 0.805. The number of rotatable bonds is 2. The highest BCUT2D eigenvalue weighted by Gasteiger charge is 2.34. The topological polar surface area (TPSA) is 68.0 Å². The number of carbonyl (C=O) groups excluding carboxylic acids is 1. The number of carbonyl (C=O) groups is 1. The minimum atomic E-state index is -0.0381. The monoisotopic (exact) mass is 225 g/mol. The lowest BCUT2D eigenvalue weighted by Crippen LogP contribution is -2.50. The molecule has 0 bridgehead atoms. The maximum atomic E-state index is 11.9. The normalized spacial score (nSPS) is 18.3. The van der Waals surface area contributed by atoms with E-state index in [1.165, 1.54) is 17.8 Å². The van der Waals surface area contributed by atoms with Gasteiger partial charge in [0, 0.05) is 5.54 Å². The van der Waals surface area contributed by atoms with E-state index in [0.717, 1.165) is 18.5 Å². The van der Waals surface area contributed by atoms with E-state index in [9.17, 15) is 4.79 Å². The zero-order valence-electron chi connectivity index (χ0n) is 8.96. The molecule has 15 heavy (non-hydrogen) atoms. The molecule has 5 heteroatoms. The molecule has 0 spiro atoms. The molecule has 2 rings (SSSR count). The van der Waals surface area contributed by atoms with Gasteiger partial charge in [-0.2, -0.15) is 0 Å². The summed E-state index contributed by atoms with van der Waals surface area (Å²) in [5.74, 6) is -0.0381. The third kappa shape index (κ3) is 1.97. The van der Waals surface area contributed by atoms with Crippen molar-refractivity contribution in [3.63, 3.8) is 0 Å². The Balaban J connectivity index is 2.11. The van der Waals surface area contributed by atoms with Gasteiger partial charge in [-0.05, 0) is 33.1 Å². The van der Waals surface area contributed by atoms with Crippen LogP contribution in [0.2, 0.25) is 0 Å². The van der Waals surface area contributed by atoms with Gasteiger partial charge in [0.15, 0.2) is 5.13 Å². The molecular weight excluding hydrogens is 210 g/mol. The number of amides is 1. The van der Waals surface area contributed by atoms with Gasteiger partial charge >= 0.3 is 0 Å². The third-order valence-corrected chi connectivity index (χ3v) is 3.88. The van der Waals surface area contributed by atoms with Crippen LogP contribution in [0.1, 0.15) is 41.6 Å². The maximum Gasteiger partial charge on any atom is 0.263 e. The van der Waals surface area contributed by atoms with E-state index in [-0.39, 0.29) is 11.4 Å². The summed E-state index contributed by atoms with van der Waals surface area (Å²) in [6.07, 6.45) is 3.32. The molecule has 1 aromatic rings. The highest BCUT2D eigenvalue weighted by atomic mass is 32.1. The smallest absolute Gasteiger partial charge is 0.263 e. The zero-order chi connectivity index (χ0) is 11.1. The molecule has 0 aliphatic heterocycles. The number of hydrogen-bond donors (Lipinski definition) is 2. The third-order valence-electron chi connectivity index (χ3n) is 2.89. The molecule has 1 heterocycles. The van der Waals surface area contributed by atoms with E-state index in [1.54, 1.807) is 0 Å². The number of anilines is 1. The lowest BCUT2D eigenvalue weighted by atomic mass is 9.78. The van der Waals surface area contributed by atoms with Gasteiger partial charge in [0.2, 0.25) is 0 Å². The van der Waals surface area contributed by atoms with Crippen LogP contribution in [0.25, 0.3) is 0 Å². The molecule has 0 aromatic carbocycles.